The average molecular weight is 410 g/mol. The van der Waals surface area contributed by atoms with Crippen LogP contribution in [0.2, 0.25) is 0 Å². The molecule has 0 radical (unpaired) electrons. The molecule has 0 bridgehead atoms. The molecule has 2 heterocycles. The number of fused-ring (bicyclic) bond motifs is 1. The second-order valence-corrected chi connectivity index (χ2v) is 7.22. The van der Waals surface area contributed by atoms with Gasteiger partial charge in [0.05, 0.1) is 13.0 Å². The zero-order chi connectivity index (χ0) is 21.1. The van der Waals surface area contributed by atoms with Crippen LogP contribution in [0.5, 0.6) is 0 Å². The van der Waals surface area contributed by atoms with Crippen LogP contribution >= 0.6 is 0 Å². The average Bonchev–Trinajstić information content (AvgIpc) is 3.19. The third-order valence-electron chi connectivity index (χ3n) is 5.24. The van der Waals surface area contributed by atoms with Gasteiger partial charge in [-0.25, -0.2) is 9.18 Å². The van der Waals surface area contributed by atoms with E-state index in [1.165, 1.54) is 12.1 Å². The van der Waals surface area contributed by atoms with E-state index in [0.717, 1.165) is 16.6 Å². The third kappa shape index (κ3) is 4.30. The molecule has 0 aliphatic carbocycles. The van der Waals surface area contributed by atoms with Crippen LogP contribution in [0.25, 0.3) is 11.0 Å². The smallest absolute Gasteiger partial charge is 0.374 e. The third-order valence-corrected chi connectivity index (χ3v) is 5.24. The quantitative estimate of drug-likeness (QED) is 0.601. The molecule has 3 aromatic rings. The lowest BCUT2D eigenvalue weighted by molar-refractivity contribution is -0.130. The van der Waals surface area contributed by atoms with Crippen LogP contribution in [0.3, 0.4) is 0 Å². The van der Waals surface area contributed by atoms with Gasteiger partial charge in [0.25, 0.3) is 0 Å². The highest BCUT2D eigenvalue weighted by atomic mass is 19.1. The lowest BCUT2D eigenvalue weighted by Crippen LogP contribution is -2.49. The highest BCUT2D eigenvalue weighted by Crippen LogP contribution is 2.26. The topological polar surface area (TPSA) is 63.0 Å². The van der Waals surface area contributed by atoms with E-state index in [4.69, 9.17) is 9.15 Å². The Balaban J connectivity index is 1.38. The first-order chi connectivity index (χ1) is 14.5. The number of esters is 1. The molecule has 1 amide bonds. The number of amides is 1. The Morgan fingerprint density at radius 2 is 1.77 bits per heavy atom. The number of hydrogen-bond acceptors (Lipinski definition) is 5. The fourth-order valence-corrected chi connectivity index (χ4v) is 3.63. The maximum atomic E-state index is 13.0. The van der Waals surface area contributed by atoms with Crippen molar-refractivity contribution in [3.05, 3.63) is 65.7 Å². The van der Waals surface area contributed by atoms with Gasteiger partial charge in [0.1, 0.15) is 11.4 Å². The Kier molecular flexibility index (Phi) is 5.70. The van der Waals surface area contributed by atoms with Crippen LogP contribution in [0.4, 0.5) is 10.1 Å². The Bertz CT molecular complexity index is 1050. The number of hydrogen-bond donors (Lipinski definition) is 0. The maximum Gasteiger partial charge on any atom is 0.374 e. The summed E-state index contributed by atoms with van der Waals surface area (Å²) >= 11 is 0. The van der Waals surface area contributed by atoms with Crippen LogP contribution in [0, 0.1) is 5.82 Å². The zero-order valence-electron chi connectivity index (χ0n) is 16.8. The molecule has 0 atom stereocenters. The van der Waals surface area contributed by atoms with Gasteiger partial charge < -0.3 is 19.0 Å². The van der Waals surface area contributed by atoms with E-state index in [9.17, 15) is 14.0 Å². The fourth-order valence-electron chi connectivity index (χ4n) is 3.63. The molecule has 6 nitrogen and oxygen atoms in total. The molecule has 0 N–H and O–H groups in total. The molecular formula is C23H23FN2O4. The van der Waals surface area contributed by atoms with Crippen LogP contribution in [-0.2, 0) is 16.0 Å². The summed E-state index contributed by atoms with van der Waals surface area (Å²) in [5.74, 6) is -0.529. The van der Waals surface area contributed by atoms with Gasteiger partial charge in [-0.05, 0) is 48.9 Å². The molecule has 7 heteroatoms. The number of carbonyl (C=O) groups is 2. The van der Waals surface area contributed by atoms with Gasteiger partial charge in [-0.3, -0.25) is 4.79 Å². The van der Waals surface area contributed by atoms with E-state index in [-0.39, 0.29) is 23.9 Å². The van der Waals surface area contributed by atoms with Crippen molar-refractivity contribution in [2.24, 2.45) is 0 Å². The van der Waals surface area contributed by atoms with Gasteiger partial charge in [0, 0.05) is 37.3 Å². The van der Waals surface area contributed by atoms with Gasteiger partial charge in [-0.15, -0.1) is 0 Å². The Morgan fingerprint density at radius 1 is 1.03 bits per heavy atom. The summed E-state index contributed by atoms with van der Waals surface area (Å²) in [6.07, 6.45) is 0.276. The number of anilines is 1. The molecule has 1 aliphatic rings. The number of halogens is 1. The molecule has 4 rings (SSSR count). The van der Waals surface area contributed by atoms with Crippen molar-refractivity contribution in [2.75, 3.05) is 37.7 Å². The molecule has 1 fully saturated rings. The molecule has 2 aromatic carbocycles. The lowest BCUT2D eigenvalue weighted by atomic mass is 10.1. The maximum absolute atomic E-state index is 13.0. The number of rotatable bonds is 5. The van der Waals surface area contributed by atoms with Gasteiger partial charge in [0.15, 0.2) is 0 Å². The second-order valence-electron chi connectivity index (χ2n) is 7.22. The van der Waals surface area contributed by atoms with Crippen molar-refractivity contribution in [2.45, 2.75) is 13.3 Å². The molecule has 0 saturated carbocycles. The van der Waals surface area contributed by atoms with Crippen molar-refractivity contribution in [3.63, 3.8) is 0 Å². The number of nitrogens with zero attached hydrogens (tertiary/aromatic N) is 2. The van der Waals surface area contributed by atoms with E-state index >= 15 is 0 Å². The summed E-state index contributed by atoms with van der Waals surface area (Å²) in [5.41, 5.74) is 2.46. The largest absolute Gasteiger partial charge is 0.460 e. The molecule has 156 valence electrons. The fraction of sp³-hybridized carbons (Fsp3) is 0.304. The van der Waals surface area contributed by atoms with Crippen molar-refractivity contribution < 1.29 is 23.1 Å². The summed E-state index contributed by atoms with van der Waals surface area (Å²) in [5, 5.41) is 0.838. The molecule has 30 heavy (non-hydrogen) atoms. The van der Waals surface area contributed by atoms with Crippen LogP contribution < -0.4 is 4.90 Å². The van der Waals surface area contributed by atoms with Crippen LogP contribution in [0.15, 0.2) is 52.9 Å². The van der Waals surface area contributed by atoms with Crippen LogP contribution in [-0.4, -0.2) is 49.6 Å². The highest BCUT2D eigenvalue weighted by molar-refractivity contribution is 5.93. The van der Waals surface area contributed by atoms with E-state index in [1.807, 2.05) is 23.1 Å². The predicted molar refractivity (Wildman–Crippen MR) is 111 cm³/mol. The number of ether oxygens (including phenoxy) is 1. The highest BCUT2D eigenvalue weighted by Gasteiger charge is 2.22. The van der Waals surface area contributed by atoms with Gasteiger partial charge >= 0.3 is 5.97 Å². The van der Waals surface area contributed by atoms with Crippen molar-refractivity contribution in [1.29, 1.82) is 0 Å². The van der Waals surface area contributed by atoms with Gasteiger partial charge in [-0.1, -0.05) is 12.1 Å². The van der Waals surface area contributed by atoms with Crippen molar-refractivity contribution >= 4 is 28.5 Å². The molecular weight excluding hydrogens is 387 g/mol. The van der Waals surface area contributed by atoms with Crippen molar-refractivity contribution in [1.82, 2.24) is 4.90 Å². The molecule has 0 spiro atoms. The molecule has 1 aliphatic heterocycles. The summed E-state index contributed by atoms with van der Waals surface area (Å²) in [7, 11) is 0. The predicted octanol–water partition coefficient (Wildman–Crippen LogP) is 3.64. The van der Waals surface area contributed by atoms with E-state index < -0.39 is 5.97 Å². The molecule has 1 aromatic heterocycles. The summed E-state index contributed by atoms with van der Waals surface area (Å²) in [4.78, 5) is 28.5. The Morgan fingerprint density at radius 3 is 2.47 bits per heavy atom. The Hall–Kier alpha value is -3.35. The van der Waals surface area contributed by atoms with Gasteiger partial charge in [-0.2, -0.15) is 0 Å². The number of carbonyl (C=O) groups excluding carboxylic acids is 2. The minimum absolute atomic E-state index is 0.0469. The summed E-state index contributed by atoms with van der Waals surface area (Å²) in [6, 6.07) is 13.5. The molecule has 0 unspecified atom stereocenters. The minimum Gasteiger partial charge on any atom is -0.460 e. The summed E-state index contributed by atoms with van der Waals surface area (Å²) in [6.45, 7) is 4.72. The standard InChI is InChI=1S/C23H23FN2O4/c1-2-29-23(28)21-15-17-14-19(7-8-20(17)30-21)25-9-11-26(12-10-25)22(27)13-16-3-5-18(24)6-4-16/h3-8,14-15H,2,9-13H2,1H3. The lowest BCUT2D eigenvalue weighted by Gasteiger charge is -2.36. The molecule has 1 saturated heterocycles. The first kappa shape index (κ1) is 19.9. The number of piperazine rings is 1. The minimum atomic E-state index is -0.469. The number of benzene rings is 2. The monoisotopic (exact) mass is 410 g/mol. The first-order valence-corrected chi connectivity index (χ1v) is 10.0. The second kappa shape index (κ2) is 8.57. The van der Waals surface area contributed by atoms with Crippen LogP contribution in [0.1, 0.15) is 23.0 Å². The zero-order valence-corrected chi connectivity index (χ0v) is 16.8. The van der Waals surface area contributed by atoms with E-state index in [0.29, 0.717) is 38.4 Å². The normalized spacial score (nSPS) is 14.2. The van der Waals surface area contributed by atoms with Gasteiger partial charge in [0.2, 0.25) is 11.7 Å². The summed E-state index contributed by atoms with van der Waals surface area (Å²) < 4.78 is 23.6. The SMILES string of the molecule is CCOC(=O)c1cc2cc(N3CCN(C(=O)Cc4ccc(F)cc4)CC3)ccc2o1. The number of furan rings is 1. The van der Waals surface area contributed by atoms with Crippen molar-refractivity contribution in [3.8, 4) is 0 Å². The van der Waals surface area contributed by atoms with E-state index in [1.54, 1.807) is 25.1 Å². The van der Waals surface area contributed by atoms with E-state index in [2.05, 4.69) is 4.90 Å². The first-order valence-electron chi connectivity index (χ1n) is 10.0. The Labute approximate surface area is 173 Å².